The molecule has 0 aliphatic heterocycles. The lowest BCUT2D eigenvalue weighted by Gasteiger charge is -2.14. The molecule has 1 aromatic carbocycles. The van der Waals surface area contributed by atoms with E-state index in [1.54, 1.807) is 6.07 Å². The van der Waals surface area contributed by atoms with Gasteiger partial charge in [0.15, 0.2) is 0 Å². The number of hydrogen-bond donors (Lipinski definition) is 2. The molecule has 0 aliphatic rings. The van der Waals surface area contributed by atoms with E-state index in [2.05, 4.69) is 13.0 Å². The van der Waals surface area contributed by atoms with Crippen LogP contribution in [0.15, 0.2) is 12.1 Å². The van der Waals surface area contributed by atoms with Crippen LogP contribution in [0.2, 0.25) is 0 Å². The van der Waals surface area contributed by atoms with E-state index in [0.29, 0.717) is 18.0 Å². The van der Waals surface area contributed by atoms with Gasteiger partial charge in [-0.3, -0.25) is 0 Å². The average Bonchev–Trinajstić information content (AvgIpc) is 2.21. The summed E-state index contributed by atoms with van der Waals surface area (Å²) in [6, 6.07) is 3.83. The molecule has 0 saturated carbocycles. The van der Waals surface area contributed by atoms with Gasteiger partial charge in [0, 0.05) is 0 Å². The first kappa shape index (κ1) is 12.7. The summed E-state index contributed by atoms with van der Waals surface area (Å²) in [6.07, 6.45) is 0.877. The number of nitrogens with two attached hydrogens (primary N) is 1. The zero-order chi connectivity index (χ0) is 12.3. The molecule has 0 spiro atoms. The van der Waals surface area contributed by atoms with E-state index in [0.717, 1.165) is 23.1 Å². The lowest BCUT2D eigenvalue weighted by molar-refractivity contribution is 0.0696. The van der Waals surface area contributed by atoms with Gasteiger partial charge in [-0.15, -0.1) is 0 Å². The molecule has 0 aliphatic carbocycles. The second-order valence-corrected chi connectivity index (χ2v) is 4.29. The highest BCUT2D eigenvalue weighted by molar-refractivity contribution is 5.90. The molecule has 0 heterocycles. The van der Waals surface area contributed by atoms with Gasteiger partial charge in [-0.1, -0.05) is 13.0 Å². The Labute approximate surface area is 96.3 Å². The number of hydrogen-bond acceptors (Lipinski definition) is 2. The Bertz CT molecular complexity index is 399. The topological polar surface area (TPSA) is 63.3 Å². The highest BCUT2D eigenvalue weighted by Crippen LogP contribution is 2.24. The maximum Gasteiger partial charge on any atom is 0.335 e. The average molecular weight is 221 g/mol. The molecule has 3 N–H and O–H groups in total. The van der Waals surface area contributed by atoms with Crippen LogP contribution in [0, 0.1) is 13.8 Å². The zero-order valence-corrected chi connectivity index (χ0v) is 10.1. The summed E-state index contributed by atoms with van der Waals surface area (Å²) in [6.45, 7) is 6.48. The van der Waals surface area contributed by atoms with Crippen molar-refractivity contribution in [3.05, 3.63) is 34.4 Å². The number of aryl methyl sites for hydroxylation is 1. The molecule has 3 heteroatoms. The van der Waals surface area contributed by atoms with E-state index >= 15 is 0 Å². The third kappa shape index (κ3) is 2.61. The Hall–Kier alpha value is -1.35. The van der Waals surface area contributed by atoms with Gasteiger partial charge >= 0.3 is 5.97 Å². The molecule has 0 fully saturated rings. The molecule has 1 atom stereocenters. The molecule has 3 nitrogen and oxygen atoms in total. The smallest absolute Gasteiger partial charge is 0.335 e. The van der Waals surface area contributed by atoms with Crippen LogP contribution in [-0.4, -0.2) is 17.6 Å². The molecular weight excluding hydrogens is 202 g/mol. The van der Waals surface area contributed by atoms with Crippen LogP contribution in [0.4, 0.5) is 0 Å². The van der Waals surface area contributed by atoms with Gasteiger partial charge in [0.2, 0.25) is 0 Å². The van der Waals surface area contributed by atoms with Gasteiger partial charge in [0.25, 0.3) is 0 Å². The quantitative estimate of drug-likeness (QED) is 0.820. The van der Waals surface area contributed by atoms with Crippen LogP contribution in [-0.2, 0) is 0 Å². The molecule has 1 rings (SSSR count). The molecular formula is C13H19NO2. The van der Waals surface area contributed by atoms with Crippen LogP contribution in [0.5, 0.6) is 0 Å². The van der Waals surface area contributed by atoms with Crippen molar-refractivity contribution in [2.24, 2.45) is 5.73 Å². The largest absolute Gasteiger partial charge is 0.478 e. The lowest BCUT2D eigenvalue weighted by Crippen LogP contribution is -2.08. The van der Waals surface area contributed by atoms with Crippen LogP contribution in [0.25, 0.3) is 0 Å². The summed E-state index contributed by atoms with van der Waals surface area (Å²) in [5, 5.41) is 9.10. The number of carbonyl (C=O) groups is 1. The van der Waals surface area contributed by atoms with E-state index in [-0.39, 0.29) is 0 Å². The molecule has 88 valence electrons. The number of carboxylic acid groups (broad SMARTS) is 1. The highest BCUT2D eigenvalue weighted by Gasteiger charge is 2.13. The minimum absolute atomic E-state index is 0.308. The lowest BCUT2D eigenvalue weighted by atomic mass is 9.91. The van der Waals surface area contributed by atoms with Gasteiger partial charge in [-0.2, -0.15) is 0 Å². The van der Waals surface area contributed by atoms with Crippen molar-refractivity contribution >= 4 is 5.97 Å². The SMILES string of the molecule is Cc1cc(C(C)CCN)cc(C(=O)O)c1C. The molecule has 0 amide bonds. The standard InChI is InChI=1S/C13H19NO2/c1-8(4-5-14)11-6-9(2)10(3)12(7-11)13(15)16/h6-8H,4-5,14H2,1-3H3,(H,15,16). The summed E-state index contributed by atoms with van der Waals surface area (Å²) in [5.41, 5.74) is 8.85. The second-order valence-electron chi connectivity index (χ2n) is 4.29. The van der Waals surface area contributed by atoms with Crippen LogP contribution < -0.4 is 5.73 Å². The zero-order valence-electron chi connectivity index (χ0n) is 10.1. The van der Waals surface area contributed by atoms with Crippen LogP contribution in [0.1, 0.15) is 46.3 Å². The third-order valence-corrected chi connectivity index (χ3v) is 3.09. The number of benzene rings is 1. The van der Waals surface area contributed by atoms with Crippen molar-refractivity contribution in [1.29, 1.82) is 0 Å². The predicted octanol–water partition coefficient (Wildman–Crippen LogP) is 2.45. The monoisotopic (exact) mass is 221 g/mol. The van der Waals surface area contributed by atoms with E-state index < -0.39 is 5.97 Å². The van der Waals surface area contributed by atoms with Gasteiger partial charge < -0.3 is 10.8 Å². The number of rotatable bonds is 4. The molecule has 0 radical (unpaired) electrons. The third-order valence-electron chi connectivity index (χ3n) is 3.09. The molecule has 1 aromatic rings. The maximum atomic E-state index is 11.1. The van der Waals surface area contributed by atoms with Crippen molar-refractivity contribution in [2.45, 2.75) is 33.1 Å². The Morgan fingerprint density at radius 2 is 2.06 bits per heavy atom. The minimum atomic E-state index is -0.859. The summed E-state index contributed by atoms with van der Waals surface area (Å²) >= 11 is 0. The molecule has 16 heavy (non-hydrogen) atoms. The Kier molecular flexibility index (Phi) is 4.07. The Morgan fingerprint density at radius 1 is 1.44 bits per heavy atom. The summed E-state index contributed by atoms with van der Waals surface area (Å²) in [4.78, 5) is 11.1. The van der Waals surface area contributed by atoms with E-state index in [1.165, 1.54) is 0 Å². The fourth-order valence-electron chi connectivity index (χ4n) is 1.81. The van der Waals surface area contributed by atoms with Crippen molar-refractivity contribution < 1.29 is 9.90 Å². The Balaban J connectivity index is 3.18. The molecule has 0 aromatic heterocycles. The summed E-state index contributed by atoms with van der Waals surface area (Å²) in [7, 11) is 0. The molecule has 0 bridgehead atoms. The first-order chi connectivity index (χ1) is 7.47. The second kappa shape index (κ2) is 5.12. The maximum absolute atomic E-state index is 11.1. The normalized spacial score (nSPS) is 12.5. The minimum Gasteiger partial charge on any atom is -0.478 e. The van der Waals surface area contributed by atoms with Crippen molar-refractivity contribution in [3.8, 4) is 0 Å². The van der Waals surface area contributed by atoms with Crippen LogP contribution >= 0.6 is 0 Å². The van der Waals surface area contributed by atoms with Crippen LogP contribution in [0.3, 0.4) is 0 Å². The number of aromatic carboxylic acids is 1. The molecule has 0 saturated heterocycles. The fourth-order valence-corrected chi connectivity index (χ4v) is 1.81. The van der Waals surface area contributed by atoms with E-state index in [4.69, 9.17) is 10.8 Å². The van der Waals surface area contributed by atoms with Gasteiger partial charge in [0.05, 0.1) is 5.56 Å². The van der Waals surface area contributed by atoms with Gasteiger partial charge in [-0.05, 0) is 55.5 Å². The van der Waals surface area contributed by atoms with Gasteiger partial charge in [-0.25, -0.2) is 4.79 Å². The van der Waals surface area contributed by atoms with E-state index in [9.17, 15) is 4.79 Å². The number of carboxylic acids is 1. The summed E-state index contributed by atoms with van der Waals surface area (Å²) in [5.74, 6) is -0.551. The first-order valence-electron chi connectivity index (χ1n) is 5.51. The van der Waals surface area contributed by atoms with Crippen molar-refractivity contribution in [3.63, 3.8) is 0 Å². The predicted molar refractivity (Wildman–Crippen MR) is 65.0 cm³/mol. The molecule has 1 unspecified atom stereocenters. The van der Waals surface area contributed by atoms with E-state index in [1.807, 2.05) is 13.8 Å². The van der Waals surface area contributed by atoms with Crippen molar-refractivity contribution in [1.82, 2.24) is 0 Å². The van der Waals surface area contributed by atoms with Crippen molar-refractivity contribution in [2.75, 3.05) is 6.54 Å². The Morgan fingerprint density at radius 3 is 2.56 bits per heavy atom. The first-order valence-corrected chi connectivity index (χ1v) is 5.51. The highest BCUT2D eigenvalue weighted by atomic mass is 16.4. The fraction of sp³-hybridized carbons (Fsp3) is 0.462. The van der Waals surface area contributed by atoms with Gasteiger partial charge in [0.1, 0.15) is 0 Å². The summed E-state index contributed by atoms with van der Waals surface area (Å²) < 4.78 is 0.